The first-order chi connectivity index (χ1) is 7.99. The number of thiazole rings is 1. The van der Waals surface area contributed by atoms with Gasteiger partial charge in [-0.3, -0.25) is 0 Å². The zero-order chi connectivity index (χ0) is 12.7. The molecule has 1 heterocycles. The van der Waals surface area contributed by atoms with Crippen LogP contribution in [0.15, 0.2) is 11.6 Å². The Morgan fingerprint density at radius 1 is 1.53 bits per heavy atom. The first kappa shape index (κ1) is 14.4. The van der Waals surface area contributed by atoms with Crippen molar-refractivity contribution in [3.05, 3.63) is 16.6 Å². The lowest BCUT2D eigenvalue weighted by atomic mass is 10.3. The van der Waals surface area contributed by atoms with Crippen LogP contribution >= 0.6 is 11.3 Å². The van der Waals surface area contributed by atoms with Crippen LogP contribution in [0.3, 0.4) is 0 Å². The number of rotatable bonds is 7. The Kier molecular flexibility index (Phi) is 5.87. The third-order valence-corrected chi connectivity index (χ3v) is 2.96. The summed E-state index contributed by atoms with van der Waals surface area (Å²) in [6.07, 6.45) is -1.96. The van der Waals surface area contributed by atoms with Gasteiger partial charge in [-0.25, -0.2) is 4.98 Å². The molecule has 3 nitrogen and oxygen atoms in total. The van der Waals surface area contributed by atoms with Crippen LogP contribution in [0.2, 0.25) is 0 Å². The van der Waals surface area contributed by atoms with E-state index in [0.717, 1.165) is 5.01 Å². The van der Waals surface area contributed by atoms with Gasteiger partial charge < -0.3 is 10.1 Å². The number of alkyl halides is 3. The fourth-order valence-corrected chi connectivity index (χ4v) is 1.89. The molecule has 0 saturated heterocycles. The molecule has 0 radical (unpaired) electrons. The Morgan fingerprint density at radius 3 is 2.88 bits per heavy atom. The third kappa shape index (κ3) is 6.60. The van der Waals surface area contributed by atoms with E-state index in [1.54, 1.807) is 17.5 Å². The van der Waals surface area contributed by atoms with Crippen LogP contribution in [0, 0.1) is 0 Å². The Labute approximate surface area is 102 Å². The van der Waals surface area contributed by atoms with Crippen LogP contribution < -0.4 is 5.32 Å². The quantitative estimate of drug-likeness (QED) is 0.772. The Balaban J connectivity index is 2.01. The van der Waals surface area contributed by atoms with Crippen molar-refractivity contribution in [3.63, 3.8) is 0 Å². The van der Waals surface area contributed by atoms with Crippen LogP contribution in [0.5, 0.6) is 0 Å². The molecule has 0 fully saturated rings. The van der Waals surface area contributed by atoms with Crippen LogP contribution in [-0.2, 0) is 4.74 Å². The molecular weight excluding hydrogens is 253 g/mol. The lowest BCUT2D eigenvalue weighted by molar-refractivity contribution is -0.173. The summed E-state index contributed by atoms with van der Waals surface area (Å²) in [5.41, 5.74) is 0. The van der Waals surface area contributed by atoms with Crippen molar-refractivity contribution in [2.24, 2.45) is 0 Å². The highest BCUT2D eigenvalue weighted by molar-refractivity contribution is 7.09. The second kappa shape index (κ2) is 6.93. The van der Waals surface area contributed by atoms with Gasteiger partial charge in [-0.1, -0.05) is 0 Å². The molecular formula is C10H15F3N2OS. The summed E-state index contributed by atoms with van der Waals surface area (Å²) in [4.78, 5) is 4.14. The summed E-state index contributed by atoms with van der Waals surface area (Å²) < 4.78 is 39.7. The topological polar surface area (TPSA) is 34.1 Å². The molecule has 0 spiro atoms. The number of ether oxygens (including phenoxy) is 1. The molecule has 0 aliphatic carbocycles. The number of nitrogens with zero attached hydrogens (tertiary/aromatic N) is 1. The molecule has 0 aliphatic heterocycles. The maximum absolute atomic E-state index is 11.7. The SMILES string of the molecule is CC(NCCCOCC(F)(F)F)c1nccs1. The minimum Gasteiger partial charge on any atom is -0.372 e. The van der Waals surface area contributed by atoms with Crippen molar-refractivity contribution < 1.29 is 17.9 Å². The summed E-state index contributed by atoms with van der Waals surface area (Å²) in [5, 5.41) is 6.03. The number of halogens is 3. The van der Waals surface area contributed by atoms with Gasteiger partial charge in [-0.05, 0) is 19.9 Å². The Bertz CT molecular complexity index is 303. The molecule has 17 heavy (non-hydrogen) atoms. The van der Waals surface area contributed by atoms with Crippen molar-refractivity contribution in [2.75, 3.05) is 19.8 Å². The standard InChI is InChI=1S/C10H15F3N2OS/c1-8(9-15-4-6-17-9)14-3-2-5-16-7-10(11,12)13/h4,6,8,14H,2-3,5,7H2,1H3. The summed E-state index contributed by atoms with van der Waals surface area (Å²) in [5.74, 6) is 0. The zero-order valence-corrected chi connectivity index (χ0v) is 10.3. The fourth-order valence-electron chi connectivity index (χ4n) is 1.22. The van der Waals surface area contributed by atoms with E-state index in [1.807, 2.05) is 12.3 Å². The van der Waals surface area contributed by atoms with E-state index in [2.05, 4.69) is 15.0 Å². The molecule has 98 valence electrons. The fraction of sp³-hybridized carbons (Fsp3) is 0.700. The molecule has 1 unspecified atom stereocenters. The third-order valence-electron chi connectivity index (χ3n) is 2.00. The van der Waals surface area contributed by atoms with Gasteiger partial charge >= 0.3 is 6.18 Å². The number of nitrogens with one attached hydrogen (secondary N) is 1. The Morgan fingerprint density at radius 2 is 2.29 bits per heavy atom. The van der Waals surface area contributed by atoms with E-state index in [9.17, 15) is 13.2 Å². The number of hydrogen-bond donors (Lipinski definition) is 1. The highest BCUT2D eigenvalue weighted by atomic mass is 32.1. The minimum absolute atomic E-state index is 0.108. The second-order valence-corrected chi connectivity index (χ2v) is 4.49. The first-order valence-corrected chi connectivity index (χ1v) is 6.14. The van der Waals surface area contributed by atoms with Crippen molar-refractivity contribution in [1.82, 2.24) is 10.3 Å². The predicted molar refractivity (Wildman–Crippen MR) is 60.0 cm³/mol. The van der Waals surface area contributed by atoms with Gasteiger partial charge in [0.2, 0.25) is 0 Å². The van der Waals surface area contributed by atoms with Crippen LogP contribution in [-0.4, -0.2) is 30.9 Å². The molecule has 0 bridgehead atoms. The summed E-state index contributed by atoms with van der Waals surface area (Å²) in [6.45, 7) is 1.51. The molecule has 1 rings (SSSR count). The molecule has 0 aromatic carbocycles. The monoisotopic (exact) mass is 268 g/mol. The minimum atomic E-state index is -4.23. The zero-order valence-electron chi connectivity index (χ0n) is 9.46. The van der Waals surface area contributed by atoms with Gasteiger partial charge in [-0.2, -0.15) is 13.2 Å². The van der Waals surface area contributed by atoms with Gasteiger partial charge in [0.05, 0.1) is 6.04 Å². The van der Waals surface area contributed by atoms with Crippen molar-refractivity contribution in [1.29, 1.82) is 0 Å². The van der Waals surface area contributed by atoms with E-state index in [0.29, 0.717) is 13.0 Å². The average Bonchev–Trinajstić information content (AvgIpc) is 2.74. The molecule has 1 aromatic heterocycles. The highest BCUT2D eigenvalue weighted by Crippen LogP contribution is 2.15. The van der Waals surface area contributed by atoms with Gasteiger partial charge in [0.1, 0.15) is 11.6 Å². The van der Waals surface area contributed by atoms with Gasteiger partial charge in [-0.15, -0.1) is 11.3 Å². The molecule has 1 atom stereocenters. The van der Waals surface area contributed by atoms with Gasteiger partial charge in [0, 0.05) is 18.2 Å². The van der Waals surface area contributed by atoms with Crippen LogP contribution in [0.4, 0.5) is 13.2 Å². The number of hydrogen-bond acceptors (Lipinski definition) is 4. The van der Waals surface area contributed by atoms with Crippen molar-refractivity contribution in [3.8, 4) is 0 Å². The van der Waals surface area contributed by atoms with Crippen LogP contribution in [0.1, 0.15) is 24.4 Å². The lowest BCUT2D eigenvalue weighted by Crippen LogP contribution is -2.22. The highest BCUT2D eigenvalue weighted by Gasteiger charge is 2.27. The maximum Gasteiger partial charge on any atom is 0.411 e. The van der Waals surface area contributed by atoms with E-state index >= 15 is 0 Å². The second-order valence-electron chi connectivity index (χ2n) is 3.57. The number of aromatic nitrogens is 1. The maximum atomic E-state index is 11.7. The van der Waals surface area contributed by atoms with Crippen LogP contribution in [0.25, 0.3) is 0 Å². The van der Waals surface area contributed by atoms with Crippen molar-refractivity contribution >= 4 is 11.3 Å². The normalized spacial score (nSPS) is 13.9. The first-order valence-electron chi connectivity index (χ1n) is 5.26. The van der Waals surface area contributed by atoms with Gasteiger partial charge in [0.15, 0.2) is 0 Å². The average molecular weight is 268 g/mol. The molecule has 0 amide bonds. The lowest BCUT2D eigenvalue weighted by Gasteiger charge is -2.11. The summed E-state index contributed by atoms with van der Waals surface area (Å²) >= 11 is 1.55. The Hall–Kier alpha value is -0.660. The molecule has 7 heteroatoms. The molecule has 1 aromatic rings. The molecule has 1 N–H and O–H groups in total. The predicted octanol–water partition coefficient (Wildman–Crippen LogP) is 2.76. The van der Waals surface area contributed by atoms with E-state index in [4.69, 9.17) is 0 Å². The largest absolute Gasteiger partial charge is 0.411 e. The summed E-state index contributed by atoms with van der Waals surface area (Å²) in [6, 6.07) is 0.123. The smallest absolute Gasteiger partial charge is 0.372 e. The van der Waals surface area contributed by atoms with E-state index in [1.165, 1.54) is 0 Å². The molecule has 0 saturated carbocycles. The van der Waals surface area contributed by atoms with Gasteiger partial charge in [0.25, 0.3) is 0 Å². The van der Waals surface area contributed by atoms with E-state index < -0.39 is 12.8 Å². The van der Waals surface area contributed by atoms with Crippen molar-refractivity contribution in [2.45, 2.75) is 25.6 Å². The molecule has 0 aliphatic rings. The van der Waals surface area contributed by atoms with E-state index in [-0.39, 0.29) is 12.6 Å². The summed E-state index contributed by atoms with van der Waals surface area (Å²) in [7, 11) is 0.